The molecule has 1 heterocycles. The molecule has 1 fully saturated rings. The topological polar surface area (TPSA) is 69.6 Å². The van der Waals surface area contributed by atoms with Gasteiger partial charge in [0.25, 0.3) is 5.91 Å². The number of thiocarbonyl (C=S) groups is 1. The Hall–Kier alpha value is -1.60. The molecule has 1 aliphatic heterocycles. The second-order valence-electron chi connectivity index (χ2n) is 3.65. The van der Waals surface area contributed by atoms with Gasteiger partial charge in [0.1, 0.15) is 10.1 Å². The molecule has 1 atom stereocenters. The highest BCUT2D eigenvalue weighted by Gasteiger charge is 2.38. The standard InChI is InChI=1S/C11H10N2O3S2/c1-6(14)12-9-10(16)13(11(17)18-9)7-2-4-8(15)5-3-7/h2-5,9,15H,1H3,(H,12,14). The Kier molecular flexibility index (Phi) is 3.53. The SMILES string of the molecule is CC(=O)NC1SC(=S)N(c2ccc(O)cc2)C1=O. The van der Waals surface area contributed by atoms with Crippen molar-refractivity contribution >= 4 is 45.8 Å². The number of benzene rings is 1. The van der Waals surface area contributed by atoms with E-state index in [2.05, 4.69) is 5.32 Å². The van der Waals surface area contributed by atoms with Crippen LogP contribution in [0.3, 0.4) is 0 Å². The summed E-state index contributed by atoms with van der Waals surface area (Å²) in [5.41, 5.74) is 0.572. The molecule has 0 spiro atoms. The second kappa shape index (κ2) is 4.95. The lowest BCUT2D eigenvalue weighted by Gasteiger charge is -2.15. The fraction of sp³-hybridized carbons (Fsp3) is 0.182. The molecule has 0 aliphatic carbocycles. The van der Waals surface area contributed by atoms with Crippen molar-refractivity contribution in [1.82, 2.24) is 5.32 Å². The molecule has 0 bridgehead atoms. The van der Waals surface area contributed by atoms with E-state index < -0.39 is 5.37 Å². The van der Waals surface area contributed by atoms with E-state index in [1.54, 1.807) is 12.1 Å². The Balaban J connectivity index is 2.24. The monoisotopic (exact) mass is 282 g/mol. The smallest absolute Gasteiger partial charge is 0.266 e. The van der Waals surface area contributed by atoms with Crippen molar-refractivity contribution in [2.45, 2.75) is 12.3 Å². The minimum Gasteiger partial charge on any atom is -0.508 e. The summed E-state index contributed by atoms with van der Waals surface area (Å²) in [6, 6.07) is 6.13. The molecule has 0 saturated carbocycles. The van der Waals surface area contributed by atoms with E-state index in [1.807, 2.05) is 0 Å². The summed E-state index contributed by atoms with van der Waals surface area (Å²) in [6.45, 7) is 1.35. The number of phenolic OH excluding ortho intramolecular Hbond substituents is 1. The normalized spacial score (nSPS) is 19.2. The van der Waals surface area contributed by atoms with Crippen LogP contribution >= 0.6 is 24.0 Å². The zero-order chi connectivity index (χ0) is 13.3. The molecule has 2 N–H and O–H groups in total. The average Bonchev–Trinajstić information content (AvgIpc) is 2.55. The van der Waals surface area contributed by atoms with Crippen molar-refractivity contribution < 1.29 is 14.7 Å². The number of carbonyl (C=O) groups is 2. The van der Waals surface area contributed by atoms with Gasteiger partial charge >= 0.3 is 0 Å². The number of hydrogen-bond acceptors (Lipinski definition) is 5. The third kappa shape index (κ3) is 2.46. The lowest BCUT2D eigenvalue weighted by Crippen LogP contribution is -2.40. The number of nitrogens with one attached hydrogen (secondary N) is 1. The van der Waals surface area contributed by atoms with Crippen LogP contribution in [0.15, 0.2) is 24.3 Å². The highest BCUT2D eigenvalue weighted by atomic mass is 32.2. The van der Waals surface area contributed by atoms with Crippen molar-refractivity contribution in [3.05, 3.63) is 24.3 Å². The lowest BCUT2D eigenvalue weighted by molar-refractivity contribution is -0.123. The number of hydrogen-bond donors (Lipinski definition) is 2. The van der Waals surface area contributed by atoms with Crippen LogP contribution in [0.4, 0.5) is 5.69 Å². The number of thioether (sulfide) groups is 1. The van der Waals surface area contributed by atoms with Crippen molar-refractivity contribution in [2.75, 3.05) is 4.90 Å². The van der Waals surface area contributed by atoms with E-state index in [1.165, 1.54) is 24.0 Å². The summed E-state index contributed by atoms with van der Waals surface area (Å²) in [4.78, 5) is 24.4. The van der Waals surface area contributed by atoms with E-state index in [4.69, 9.17) is 12.2 Å². The molecule has 1 unspecified atom stereocenters. The van der Waals surface area contributed by atoms with Gasteiger partial charge < -0.3 is 10.4 Å². The van der Waals surface area contributed by atoms with Crippen molar-refractivity contribution in [3.8, 4) is 5.75 Å². The molecular formula is C11H10N2O3S2. The van der Waals surface area contributed by atoms with Gasteiger partial charge in [-0.25, -0.2) is 0 Å². The Morgan fingerprint density at radius 3 is 2.61 bits per heavy atom. The van der Waals surface area contributed by atoms with Gasteiger partial charge in [0.05, 0.1) is 5.69 Å². The summed E-state index contributed by atoms with van der Waals surface area (Å²) < 4.78 is 0.379. The Bertz CT molecular complexity index is 516. The van der Waals surface area contributed by atoms with E-state index in [0.29, 0.717) is 10.0 Å². The third-order valence-corrected chi connectivity index (χ3v) is 3.70. The van der Waals surface area contributed by atoms with Gasteiger partial charge in [-0.2, -0.15) is 0 Å². The lowest BCUT2D eigenvalue weighted by atomic mass is 10.3. The summed E-state index contributed by atoms with van der Waals surface area (Å²) in [5.74, 6) is -0.454. The molecule has 18 heavy (non-hydrogen) atoms. The van der Waals surface area contributed by atoms with Gasteiger partial charge in [-0.1, -0.05) is 24.0 Å². The molecule has 1 aromatic rings. The summed E-state index contributed by atoms with van der Waals surface area (Å²) in [5, 5.41) is 11.1. The van der Waals surface area contributed by atoms with E-state index >= 15 is 0 Å². The third-order valence-electron chi connectivity index (χ3n) is 2.29. The molecule has 1 aromatic carbocycles. The van der Waals surface area contributed by atoms with Crippen LogP contribution in [-0.4, -0.2) is 26.6 Å². The number of phenols is 1. The fourth-order valence-electron chi connectivity index (χ4n) is 1.52. The predicted octanol–water partition coefficient (Wildman–Crippen LogP) is 1.22. The van der Waals surface area contributed by atoms with Crippen LogP contribution in [0, 0.1) is 0 Å². The van der Waals surface area contributed by atoms with Gasteiger partial charge in [0.2, 0.25) is 5.91 Å². The molecule has 1 aliphatic rings. The number of amides is 2. The van der Waals surface area contributed by atoms with E-state index in [9.17, 15) is 14.7 Å². The molecule has 7 heteroatoms. The van der Waals surface area contributed by atoms with Crippen LogP contribution in [0.5, 0.6) is 5.75 Å². The number of rotatable bonds is 2. The summed E-state index contributed by atoms with van der Waals surface area (Å²) in [7, 11) is 0. The molecule has 2 rings (SSSR count). The summed E-state index contributed by atoms with van der Waals surface area (Å²) >= 11 is 6.24. The van der Waals surface area contributed by atoms with Crippen molar-refractivity contribution in [1.29, 1.82) is 0 Å². The quantitative estimate of drug-likeness (QED) is 0.798. The number of nitrogens with zero attached hydrogens (tertiary/aromatic N) is 1. The maximum Gasteiger partial charge on any atom is 0.266 e. The Labute approximate surface area is 113 Å². The Morgan fingerprint density at radius 2 is 2.06 bits per heavy atom. The van der Waals surface area contributed by atoms with Crippen LogP contribution in [0.25, 0.3) is 0 Å². The average molecular weight is 282 g/mol. The van der Waals surface area contributed by atoms with Gasteiger partial charge in [-0.05, 0) is 24.3 Å². The van der Waals surface area contributed by atoms with Crippen LogP contribution in [0.1, 0.15) is 6.92 Å². The van der Waals surface area contributed by atoms with Crippen LogP contribution < -0.4 is 10.2 Å². The van der Waals surface area contributed by atoms with Crippen molar-refractivity contribution in [2.24, 2.45) is 0 Å². The molecule has 2 amide bonds. The van der Waals surface area contributed by atoms with Gasteiger partial charge in [0.15, 0.2) is 5.37 Å². The highest BCUT2D eigenvalue weighted by molar-refractivity contribution is 8.25. The maximum absolute atomic E-state index is 12.1. The van der Waals surface area contributed by atoms with E-state index in [-0.39, 0.29) is 17.6 Å². The van der Waals surface area contributed by atoms with Gasteiger partial charge in [-0.15, -0.1) is 0 Å². The van der Waals surface area contributed by atoms with Crippen molar-refractivity contribution in [3.63, 3.8) is 0 Å². The minimum atomic E-state index is -0.677. The predicted molar refractivity (Wildman–Crippen MR) is 73.4 cm³/mol. The van der Waals surface area contributed by atoms with Gasteiger partial charge in [0, 0.05) is 6.92 Å². The number of anilines is 1. The largest absolute Gasteiger partial charge is 0.508 e. The van der Waals surface area contributed by atoms with Crippen LogP contribution in [-0.2, 0) is 9.59 Å². The van der Waals surface area contributed by atoms with E-state index in [0.717, 1.165) is 11.8 Å². The zero-order valence-corrected chi connectivity index (χ0v) is 11.0. The Morgan fingerprint density at radius 1 is 1.44 bits per heavy atom. The first kappa shape index (κ1) is 12.8. The van der Waals surface area contributed by atoms with Gasteiger partial charge in [-0.3, -0.25) is 14.5 Å². The minimum absolute atomic E-state index is 0.113. The number of aromatic hydroxyl groups is 1. The highest BCUT2D eigenvalue weighted by Crippen LogP contribution is 2.31. The molecule has 1 saturated heterocycles. The zero-order valence-electron chi connectivity index (χ0n) is 9.41. The molecule has 94 valence electrons. The van der Waals surface area contributed by atoms with Crippen LogP contribution in [0.2, 0.25) is 0 Å². The second-order valence-corrected chi connectivity index (χ2v) is 5.39. The number of carbonyl (C=O) groups excluding carboxylic acids is 2. The first-order valence-corrected chi connectivity index (χ1v) is 6.38. The molecular weight excluding hydrogens is 272 g/mol. The summed E-state index contributed by atoms with van der Waals surface area (Å²) in [6.07, 6.45) is 0. The maximum atomic E-state index is 12.1. The molecule has 0 radical (unpaired) electrons. The first-order chi connectivity index (χ1) is 8.49. The molecule has 0 aromatic heterocycles. The fourth-order valence-corrected chi connectivity index (χ4v) is 2.94. The molecule has 5 nitrogen and oxygen atoms in total. The first-order valence-electron chi connectivity index (χ1n) is 5.10.